The fraction of sp³-hybridized carbons (Fsp3) is 0.130. The molecule has 1 aromatic heterocycles. The summed E-state index contributed by atoms with van der Waals surface area (Å²) in [4.78, 5) is 16.3. The van der Waals surface area contributed by atoms with Gasteiger partial charge < -0.3 is 10.6 Å². The molecule has 0 radical (unpaired) electrons. The minimum absolute atomic E-state index is 0.184. The Balaban J connectivity index is 1.59. The van der Waals surface area contributed by atoms with E-state index in [4.69, 9.17) is 11.6 Å². The fourth-order valence-electron chi connectivity index (χ4n) is 2.77. The normalized spacial score (nSPS) is 12.0. The van der Waals surface area contributed by atoms with Gasteiger partial charge in [-0.1, -0.05) is 35.9 Å². The van der Waals surface area contributed by atoms with Crippen LogP contribution in [-0.4, -0.2) is 10.9 Å². The number of carbonyl (C=O) groups is 1. The molecule has 148 valence electrons. The number of rotatable bonds is 7. The third kappa shape index (κ3) is 6.16. The van der Waals surface area contributed by atoms with Gasteiger partial charge in [0.25, 0.3) is 0 Å². The molecule has 0 aliphatic heterocycles. The molecule has 3 aromatic rings. The number of nitrogens with one attached hydrogen (secondary N) is 2. The minimum Gasteiger partial charge on any atom is -0.381 e. The highest BCUT2D eigenvalue weighted by Crippen LogP contribution is 2.20. The van der Waals surface area contributed by atoms with Gasteiger partial charge in [0, 0.05) is 30.7 Å². The third-order valence-electron chi connectivity index (χ3n) is 4.34. The first kappa shape index (κ1) is 20.6. The van der Waals surface area contributed by atoms with Crippen LogP contribution in [0.25, 0.3) is 6.08 Å². The molecule has 0 bridgehead atoms. The van der Waals surface area contributed by atoms with Gasteiger partial charge in [-0.25, -0.2) is 4.39 Å². The lowest BCUT2D eigenvalue weighted by Crippen LogP contribution is -2.24. The molecule has 6 heteroatoms. The quantitative estimate of drug-likeness (QED) is 0.515. The maximum Gasteiger partial charge on any atom is 0.244 e. The molecule has 0 spiro atoms. The van der Waals surface area contributed by atoms with Crippen LogP contribution in [0.3, 0.4) is 0 Å². The van der Waals surface area contributed by atoms with Crippen molar-refractivity contribution in [2.24, 2.45) is 0 Å². The van der Waals surface area contributed by atoms with Gasteiger partial charge in [-0.15, -0.1) is 0 Å². The Labute approximate surface area is 174 Å². The predicted octanol–water partition coefficient (Wildman–Crippen LogP) is 5.38. The zero-order valence-electron chi connectivity index (χ0n) is 15.9. The van der Waals surface area contributed by atoms with Gasteiger partial charge in [-0.3, -0.25) is 9.78 Å². The van der Waals surface area contributed by atoms with E-state index in [9.17, 15) is 9.18 Å². The average Bonchev–Trinajstić information content (AvgIpc) is 2.72. The first-order valence-electron chi connectivity index (χ1n) is 9.17. The van der Waals surface area contributed by atoms with Crippen LogP contribution in [0.4, 0.5) is 10.1 Å². The van der Waals surface area contributed by atoms with Crippen LogP contribution in [0.2, 0.25) is 5.02 Å². The second kappa shape index (κ2) is 9.85. The van der Waals surface area contributed by atoms with Crippen molar-refractivity contribution < 1.29 is 9.18 Å². The summed E-state index contributed by atoms with van der Waals surface area (Å²) >= 11 is 5.97. The van der Waals surface area contributed by atoms with Gasteiger partial charge in [0.05, 0.1) is 11.1 Å². The highest BCUT2D eigenvalue weighted by atomic mass is 35.5. The monoisotopic (exact) mass is 409 g/mol. The van der Waals surface area contributed by atoms with Crippen LogP contribution in [0.5, 0.6) is 0 Å². The van der Waals surface area contributed by atoms with E-state index >= 15 is 0 Å². The number of hydrogen-bond donors (Lipinski definition) is 2. The summed E-state index contributed by atoms with van der Waals surface area (Å²) in [5.41, 5.74) is 3.60. The molecule has 1 heterocycles. The van der Waals surface area contributed by atoms with Gasteiger partial charge in [-0.05, 0) is 60.0 Å². The number of amides is 1. The molecule has 3 rings (SSSR count). The van der Waals surface area contributed by atoms with Gasteiger partial charge in [0.15, 0.2) is 0 Å². The number of carbonyl (C=O) groups excluding carboxylic acids is 1. The Kier molecular flexibility index (Phi) is 6.98. The fourth-order valence-corrected chi connectivity index (χ4v) is 3.00. The molecule has 1 amide bonds. The number of anilines is 1. The van der Waals surface area contributed by atoms with Gasteiger partial charge in [0.2, 0.25) is 5.91 Å². The molecule has 4 nitrogen and oxygen atoms in total. The molecule has 0 saturated carbocycles. The highest BCUT2D eigenvalue weighted by Gasteiger charge is 2.08. The van der Waals surface area contributed by atoms with Crippen molar-refractivity contribution in [1.82, 2.24) is 10.3 Å². The van der Waals surface area contributed by atoms with Crippen molar-refractivity contribution in [2.75, 3.05) is 5.32 Å². The number of hydrogen-bond acceptors (Lipinski definition) is 3. The van der Waals surface area contributed by atoms with E-state index in [1.165, 1.54) is 24.3 Å². The number of pyridine rings is 1. The SMILES string of the molecule is C[C@H](NC(=O)C=Cc1ccc(F)cc1Cl)c1cccc(NCc2cccnc2)c1. The predicted molar refractivity (Wildman–Crippen MR) is 115 cm³/mol. The highest BCUT2D eigenvalue weighted by molar-refractivity contribution is 6.32. The molecule has 0 aliphatic rings. The summed E-state index contributed by atoms with van der Waals surface area (Å²) in [5.74, 6) is -0.672. The van der Waals surface area contributed by atoms with E-state index in [0.717, 1.165) is 16.8 Å². The molecular formula is C23H21ClFN3O. The van der Waals surface area contributed by atoms with Crippen LogP contribution in [0.1, 0.15) is 29.7 Å². The minimum atomic E-state index is -0.415. The summed E-state index contributed by atoms with van der Waals surface area (Å²) in [6, 6.07) is 15.6. The molecule has 2 N–H and O–H groups in total. The van der Waals surface area contributed by atoms with Gasteiger partial charge in [-0.2, -0.15) is 0 Å². The second-order valence-electron chi connectivity index (χ2n) is 6.57. The molecule has 2 aromatic carbocycles. The van der Waals surface area contributed by atoms with Crippen molar-refractivity contribution in [3.63, 3.8) is 0 Å². The molecule has 29 heavy (non-hydrogen) atoms. The summed E-state index contributed by atoms with van der Waals surface area (Å²) in [6.07, 6.45) is 6.52. The van der Waals surface area contributed by atoms with E-state index in [2.05, 4.69) is 15.6 Å². The lowest BCUT2D eigenvalue weighted by molar-refractivity contribution is -0.117. The van der Waals surface area contributed by atoms with Crippen molar-refractivity contribution in [2.45, 2.75) is 19.5 Å². The van der Waals surface area contributed by atoms with Crippen LogP contribution in [0, 0.1) is 5.82 Å². The Morgan fingerprint density at radius 3 is 2.83 bits per heavy atom. The van der Waals surface area contributed by atoms with Crippen LogP contribution >= 0.6 is 11.6 Å². The standard InChI is InChI=1S/C23H21ClFN3O/c1-16(28-23(29)10-8-18-7-9-20(25)13-22(18)24)19-5-2-6-21(12-19)27-15-17-4-3-11-26-14-17/h2-14,16,27H,15H2,1H3,(H,28,29)/t16-/m0/s1. The lowest BCUT2D eigenvalue weighted by Gasteiger charge is -2.15. The third-order valence-corrected chi connectivity index (χ3v) is 4.67. The van der Waals surface area contributed by atoms with E-state index in [0.29, 0.717) is 12.1 Å². The van der Waals surface area contributed by atoms with E-state index in [1.54, 1.807) is 12.3 Å². The number of benzene rings is 2. The summed E-state index contributed by atoms with van der Waals surface area (Å²) in [6.45, 7) is 2.58. The summed E-state index contributed by atoms with van der Waals surface area (Å²) in [7, 11) is 0. The lowest BCUT2D eigenvalue weighted by atomic mass is 10.1. The van der Waals surface area contributed by atoms with Gasteiger partial charge >= 0.3 is 0 Å². The van der Waals surface area contributed by atoms with E-state index in [1.807, 2.05) is 49.5 Å². The topological polar surface area (TPSA) is 54.0 Å². The first-order chi connectivity index (χ1) is 14.0. The van der Waals surface area contributed by atoms with Crippen molar-refractivity contribution in [3.05, 3.63) is 101 Å². The van der Waals surface area contributed by atoms with E-state index < -0.39 is 5.82 Å². The number of aromatic nitrogens is 1. The first-order valence-corrected chi connectivity index (χ1v) is 9.55. The van der Waals surface area contributed by atoms with Gasteiger partial charge in [0.1, 0.15) is 5.82 Å². The molecule has 1 atom stereocenters. The van der Waals surface area contributed by atoms with Crippen molar-refractivity contribution in [3.8, 4) is 0 Å². The molecule has 0 aliphatic carbocycles. The summed E-state index contributed by atoms with van der Waals surface area (Å²) in [5, 5.41) is 6.53. The molecular weight excluding hydrogens is 389 g/mol. The van der Waals surface area contributed by atoms with Crippen LogP contribution in [-0.2, 0) is 11.3 Å². The molecule has 0 unspecified atom stereocenters. The Bertz CT molecular complexity index is 1010. The number of halogens is 2. The maximum absolute atomic E-state index is 13.1. The zero-order valence-corrected chi connectivity index (χ0v) is 16.7. The van der Waals surface area contributed by atoms with Crippen LogP contribution in [0.15, 0.2) is 73.1 Å². The zero-order chi connectivity index (χ0) is 20.6. The van der Waals surface area contributed by atoms with Crippen molar-refractivity contribution >= 4 is 29.3 Å². The Hall–Kier alpha value is -3.18. The average molecular weight is 410 g/mol. The Morgan fingerprint density at radius 1 is 1.21 bits per heavy atom. The molecule has 0 fully saturated rings. The summed E-state index contributed by atoms with van der Waals surface area (Å²) < 4.78 is 13.1. The van der Waals surface area contributed by atoms with E-state index in [-0.39, 0.29) is 17.0 Å². The van der Waals surface area contributed by atoms with Crippen molar-refractivity contribution in [1.29, 1.82) is 0 Å². The number of nitrogens with zero attached hydrogens (tertiary/aromatic N) is 1. The maximum atomic E-state index is 13.1. The molecule has 0 saturated heterocycles. The largest absolute Gasteiger partial charge is 0.381 e. The Morgan fingerprint density at radius 2 is 2.07 bits per heavy atom. The van der Waals surface area contributed by atoms with Crippen LogP contribution < -0.4 is 10.6 Å². The second-order valence-corrected chi connectivity index (χ2v) is 6.98. The smallest absolute Gasteiger partial charge is 0.244 e.